The molecule has 48 valence electrons. The lowest BCUT2D eigenvalue weighted by Crippen LogP contribution is -2.20. The van der Waals surface area contributed by atoms with E-state index < -0.39 is 0 Å². The SMILES string of the molecule is C[N+]1=CC=CCC1=NN. The Balaban J connectivity index is 2.83. The first-order valence-corrected chi connectivity index (χ1v) is 2.84. The van der Waals surface area contributed by atoms with Gasteiger partial charge in [-0.05, 0) is 6.08 Å². The number of nitrogens with two attached hydrogens (primary N) is 1. The van der Waals surface area contributed by atoms with Crippen LogP contribution in [0.1, 0.15) is 6.42 Å². The molecule has 3 heteroatoms. The highest BCUT2D eigenvalue weighted by Crippen LogP contribution is 1.92. The molecule has 0 aromatic carbocycles. The highest BCUT2D eigenvalue weighted by atomic mass is 15.2. The Morgan fingerprint density at radius 3 is 3.00 bits per heavy atom. The predicted octanol–water partition coefficient (Wildman–Crippen LogP) is -0.0684. The number of hydrogen-bond acceptors (Lipinski definition) is 2. The molecule has 1 aliphatic heterocycles. The Morgan fingerprint density at radius 2 is 2.56 bits per heavy atom. The van der Waals surface area contributed by atoms with Gasteiger partial charge in [0.05, 0.1) is 19.7 Å². The molecule has 0 fully saturated rings. The summed E-state index contributed by atoms with van der Waals surface area (Å²) in [5.74, 6) is 5.99. The molecule has 3 nitrogen and oxygen atoms in total. The van der Waals surface area contributed by atoms with Crippen molar-refractivity contribution in [2.75, 3.05) is 7.05 Å². The number of hydrazone groups is 1. The Bertz CT molecular complexity index is 188. The highest BCUT2D eigenvalue weighted by molar-refractivity contribution is 5.84. The van der Waals surface area contributed by atoms with Gasteiger partial charge in [0.1, 0.15) is 0 Å². The summed E-state index contributed by atoms with van der Waals surface area (Å²) in [6, 6.07) is 0. The van der Waals surface area contributed by atoms with Crippen molar-refractivity contribution in [3.63, 3.8) is 0 Å². The van der Waals surface area contributed by atoms with Crippen LogP contribution in [0.5, 0.6) is 0 Å². The molecule has 1 rings (SSSR count). The summed E-state index contributed by atoms with van der Waals surface area (Å²) >= 11 is 0. The summed E-state index contributed by atoms with van der Waals surface area (Å²) in [6.07, 6.45) is 6.76. The van der Waals surface area contributed by atoms with E-state index in [1.54, 1.807) is 0 Å². The molecule has 1 aliphatic rings. The van der Waals surface area contributed by atoms with Crippen LogP contribution in [0.2, 0.25) is 0 Å². The second-order valence-electron chi connectivity index (χ2n) is 1.94. The van der Waals surface area contributed by atoms with Crippen molar-refractivity contribution < 1.29 is 4.58 Å². The van der Waals surface area contributed by atoms with Crippen molar-refractivity contribution in [3.05, 3.63) is 12.2 Å². The minimum absolute atomic E-state index is 0.837. The molecule has 0 spiro atoms. The van der Waals surface area contributed by atoms with Crippen LogP contribution >= 0.6 is 0 Å². The van der Waals surface area contributed by atoms with Crippen molar-refractivity contribution in [3.8, 4) is 0 Å². The maximum absolute atomic E-state index is 5.09. The minimum Gasteiger partial charge on any atom is -0.235 e. The molecular formula is C6H10N3+. The molecule has 2 N–H and O–H groups in total. The molecule has 0 bridgehead atoms. The summed E-state index contributed by atoms with van der Waals surface area (Å²) in [7, 11) is 1.93. The van der Waals surface area contributed by atoms with Gasteiger partial charge in [-0.3, -0.25) is 0 Å². The fourth-order valence-electron chi connectivity index (χ4n) is 0.737. The predicted molar refractivity (Wildman–Crippen MR) is 37.6 cm³/mol. The van der Waals surface area contributed by atoms with Gasteiger partial charge in [0.2, 0.25) is 0 Å². The van der Waals surface area contributed by atoms with Crippen molar-refractivity contribution in [1.29, 1.82) is 0 Å². The van der Waals surface area contributed by atoms with E-state index in [1.807, 2.05) is 30.0 Å². The smallest absolute Gasteiger partial charge is 0.235 e. The van der Waals surface area contributed by atoms with Crippen molar-refractivity contribution in [1.82, 2.24) is 0 Å². The lowest BCUT2D eigenvalue weighted by Gasteiger charge is -1.98. The number of hydrogen-bond donors (Lipinski definition) is 1. The third-order valence-corrected chi connectivity index (χ3v) is 1.30. The van der Waals surface area contributed by atoms with Crippen LogP contribution in [0.25, 0.3) is 0 Å². The number of nitrogens with zero attached hydrogens (tertiary/aromatic N) is 2. The maximum atomic E-state index is 5.09. The van der Waals surface area contributed by atoms with Gasteiger partial charge in [0, 0.05) is 5.10 Å². The van der Waals surface area contributed by atoms with Gasteiger partial charge in [-0.2, -0.15) is 0 Å². The normalized spacial score (nSPS) is 22.3. The van der Waals surface area contributed by atoms with Crippen LogP contribution in [0.15, 0.2) is 17.3 Å². The van der Waals surface area contributed by atoms with Gasteiger partial charge in [0.25, 0.3) is 0 Å². The van der Waals surface area contributed by atoms with E-state index in [2.05, 4.69) is 5.10 Å². The fourth-order valence-corrected chi connectivity index (χ4v) is 0.737. The average Bonchev–Trinajstić information content (AvgIpc) is 1.89. The zero-order valence-corrected chi connectivity index (χ0v) is 5.41. The first-order chi connectivity index (χ1) is 4.34. The first kappa shape index (κ1) is 6.01. The molecule has 0 unspecified atom stereocenters. The number of rotatable bonds is 0. The van der Waals surface area contributed by atoms with Gasteiger partial charge >= 0.3 is 5.84 Å². The van der Waals surface area contributed by atoms with Crippen LogP contribution < -0.4 is 5.84 Å². The largest absolute Gasteiger partial charge is 0.326 e. The minimum atomic E-state index is 0.837. The van der Waals surface area contributed by atoms with Crippen LogP contribution in [-0.4, -0.2) is 23.7 Å². The molecule has 0 saturated heterocycles. The third-order valence-electron chi connectivity index (χ3n) is 1.30. The second kappa shape index (κ2) is 2.44. The van der Waals surface area contributed by atoms with Crippen molar-refractivity contribution in [2.24, 2.45) is 10.9 Å². The molecule has 0 aliphatic carbocycles. The van der Waals surface area contributed by atoms with Gasteiger partial charge < -0.3 is 0 Å². The number of amidine groups is 1. The molecule has 0 radical (unpaired) electrons. The van der Waals surface area contributed by atoms with E-state index in [4.69, 9.17) is 5.84 Å². The molecule has 0 saturated carbocycles. The summed E-state index contributed by atoms with van der Waals surface area (Å²) in [4.78, 5) is 0. The first-order valence-electron chi connectivity index (χ1n) is 2.84. The van der Waals surface area contributed by atoms with Crippen LogP contribution in [0.3, 0.4) is 0 Å². The topological polar surface area (TPSA) is 41.4 Å². The monoisotopic (exact) mass is 124 g/mol. The molecule has 0 aromatic rings. The number of allylic oxidation sites excluding steroid dienone is 1. The summed E-state index contributed by atoms with van der Waals surface area (Å²) < 4.78 is 1.90. The van der Waals surface area contributed by atoms with E-state index in [-0.39, 0.29) is 0 Å². The summed E-state index contributed by atoms with van der Waals surface area (Å²) in [5.41, 5.74) is 0. The quantitative estimate of drug-likeness (QED) is 0.274. The highest BCUT2D eigenvalue weighted by Gasteiger charge is 2.09. The Morgan fingerprint density at radius 1 is 1.78 bits per heavy atom. The van der Waals surface area contributed by atoms with Crippen LogP contribution in [0, 0.1) is 0 Å². The van der Waals surface area contributed by atoms with Crippen LogP contribution in [-0.2, 0) is 0 Å². The standard InChI is InChI=1S/C6H10N3/c1-9-5-3-2-4-6(9)8-7/h2-3,5H,4,7H2,1H3/q+1. The van der Waals surface area contributed by atoms with E-state index >= 15 is 0 Å². The Labute approximate surface area is 54.2 Å². The molecular weight excluding hydrogens is 114 g/mol. The van der Waals surface area contributed by atoms with E-state index in [0.717, 1.165) is 12.3 Å². The van der Waals surface area contributed by atoms with Crippen molar-refractivity contribution in [2.45, 2.75) is 6.42 Å². The Kier molecular flexibility index (Phi) is 1.63. The zero-order chi connectivity index (χ0) is 6.69. The van der Waals surface area contributed by atoms with Gasteiger partial charge in [0.15, 0.2) is 0 Å². The lowest BCUT2D eigenvalue weighted by atomic mass is 10.3. The van der Waals surface area contributed by atoms with Crippen molar-refractivity contribution >= 4 is 12.1 Å². The van der Waals surface area contributed by atoms with Crippen LogP contribution in [0.4, 0.5) is 0 Å². The van der Waals surface area contributed by atoms with E-state index in [0.29, 0.717) is 0 Å². The van der Waals surface area contributed by atoms with Gasteiger partial charge in [-0.15, -0.1) is 0 Å². The lowest BCUT2D eigenvalue weighted by molar-refractivity contribution is -0.368. The molecule has 1 heterocycles. The average molecular weight is 124 g/mol. The fraction of sp³-hybridized carbons (Fsp3) is 0.333. The summed E-state index contributed by atoms with van der Waals surface area (Å²) in [6.45, 7) is 0. The molecule has 0 amide bonds. The van der Waals surface area contributed by atoms with E-state index in [9.17, 15) is 0 Å². The molecule has 0 aromatic heterocycles. The third kappa shape index (κ3) is 1.16. The van der Waals surface area contributed by atoms with Gasteiger partial charge in [-0.25, -0.2) is 10.4 Å². The second-order valence-corrected chi connectivity index (χ2v) is 1.94. The Hall–Kier alpha value is -1.12. The molecule has 9 heavy (non-hydrogen) atoms. The van der Waals surface area contributed by atoms with E-state index in [1.165, 1.54) is 0 Å². The maximum Gasteiger partial charge on any atom is 0.326 e. The molecule has 0 atom stereocenters. The van der Waals surface area contributed by atoms with Gasteiger partial charge in [-0.1, -0.05) is 6.08 Å². The summed E-state index contributed by atoms with van der Waals surface area (Å²) in [5, 5.41) is 3.59. The zero-order valence-electron chi connectivity index (χ0n) is 5.41.